The van der Waals surface area contributed by atoms with Crippen molar-refractivity contribution in [3.63, 3.8) is 0 Å². The summed E-state index contributed by atoms with van der Waals surface area (Å²) in [5, 5.41) is 48.1. The Morgan fingerprint density at radius 3 is 2.70 bits per heavy atom. The van der Waals surface area contributed by atoms with Crippen LogP contribution in [0.1, 0.15) is 10.4 Å². The van der Waals surface area contributed by atoms with E-state index in [1.807, 2.05) is 0 Å². The highest BCUT2D eigenvalue weighted by Crippen LogP contribution is 2.30. The van der Waals surface area contributed by atoms with Crippen molar-refractivity contribution in [1.82, 2.24) is 25.6 Å². The number of methoxy groups -OCH3 is 1. The molecule has 1 aromatic carbocycles. The molecule has 0 radical (unpaired) electrons. The highest BCUT2D eigenvalue weighted by Gasteiger charge is 2.43. The average Bonchev–Trinajstić information content (AvgIpc) is 3.01. The van der Waals surface area contributed by atoms with Gasteiger partial charge in [0.05, 0.1) is 43.3 Å². The summed E-state index contributed by atoms with van der Waals surface area (Å²) in [4.78, 5) is 25.5. The molecule has 7 N–H and O–H groups in total. The van der Waals surface area contributed by atoms with E-state index in [4.69, 9.17) is 25.8 Å². The van der Waals surface area contributed by atoms with Gasteiger partial charge in [-0.15, -0.1) is 0 Å². The zero-order valence-electron chi connectivity index (χ0n) is 23.0. The molecular weight excluding hydrogens is 591 g/mol. The topological polar surface area (TPSA) is 200 Å². The molecule has 43 heavy (non-hydrogen) atoms. The number of amides is 1. The Hall–Kier alpha value is -3.54. The monoisotopic (exact) mass is 622 g/mol. The summed E-state index contributed by atoms with van der Waals surface area (Å²) in [7, 11) is 1.42. The van der Waals surface area contributed by atoms with E-state index in [9.17, 15) is 29.6 Å². The normalized spacial score (nSPS) is 21.8. The van der Waals surface area contributed by atoms with Crippen LogP contribution in [0.15, 0.2) is 42.9 Å². The number of aliphatic hydroxyl groups excluding tert-OH is 4. The molecule has 1 aliphatic heterocycles. The lowest BCUT2D eigenvalue weighted by molar-refractivity contribution is -0.300. The van der Waals surface area contributed by atoms with Crippen LogP contribution in [0.3, 0.4) is 0 Å². The second-order valence-electron chi connectivity index (χ2n) is 9.35. The number of pyridine rings is 1. The van der Waals surface area contributed by atoms with Crippen LogP contribution >= 0.6 is 11.6 Å². The molecule has 1 aliphatic rings. The number of anilines is 2. The number of hydrogen-bond acceptors (Lipinski definition) is 13. The first-order valence-corrected chi connectivity index (χ1v) is 13.6. The highest BCUT2D eigenvalue weighted by molar-refractivity contribution is 6.30. The first kappa shape index (κ1) is 32.4. The number of aliphatic hydroxyl groups is 4. The molecule has 0 saturated carbocycles. The molecule has 5 atom stereocenters. The summed E-state index contributed by atoms with van der Waals surface area (Å²) < 4.78 is 30.5. The third kappa shape index (κ3) is 8.10. The number of carbonyl (C=O) groups excluding carboxylic acids is 1. The van der Waals surface area contributed by atoms with E-state index in [0.29, 0.717) is 23.8 Å². The van der Waals surface area contributed by atoms with Crippen LogP contribution < -0.4 is 20.7 Å². The predicted molar refractivity (Wildman–Crippen MR) is 151 cm³/mol. The molecule has 0 bridgehead atoms. The number of nitrogens with zero attached hydrogens (tertiary/aromatic N) is 3. The van der Waals surface area contributed by atoms with Crippen LogP contribution in [0.4, 0.5) is 15.9 Å². The summed E-state index contributed by atoms with van der Waals surface area (Å²) in [5.74, 6) is -0.481. The molecule has 3 heterocycles. The van der Waals surface area contributed by atoms with Crippen molar-refractivity contribution in [2.45, 2.75) is 30.7 Å². The molecule has 0 aliphatic carbocycles. The third-order valence-electron chi connectivity index (χ3n) is 6.46. The minimum absolute atomic E-state index is 0.0601. The number of halogens is 2. The zero-order valence-corrected chi connectivity index (χ0v) is 23.7. The Morgan fingerprint density at radius 2 is 1.93 bits per heavy atom. The highest BCUT2D eigenvalue weighted by atomic mass is 35.5. The van der Waals surface area contributed by atoms with E-state index in [-0.39, 0.29) is 41.7 Å². The first-order chi connectivity index (χ1) is 20.7. The van der Waals surface area contributed by atoms with Gasteiger partial charge in [0.25, 0.3) is 5.91 Å². The minimum atomic E-state index is -1.52. The van der Waals surface area contributed by atoms with E-state index in [2.05, 4.69) is 30.9 Å². The standard InChI is InChI=1S/C27H32ClFN6O8/c1-41-19-12-33-24(15-10-14(28)2-3-17(15)29)35-25(19)34-18-4-5-31-11-16(18)26(40)32-7-6-30-8-9-42-27-23(39)22(38)21(37)20(13-36)43-27/h2-5,10-12,20-23,27,30,36-39H,6-9,13H2,1H3,(H,32,40)(H,31,33,34,35)/t20-,21+,22+,23-,27?/m1/s1. The Labute approximate surface area is 250 Å². The fourth-order valence-electron chi connectivity index (χ4n) is 4.16. The van der Waals surface area contributed by atoms with E-state index in [1.54, 1.807) is 6.07 Å². The number of carbonyl (C=O) groups is 1. The molecule has 14 nitrogen and oxygen atoms in total. The van der Waals surface area contributed by atoms with Crippen LogP contribution in [-0.4, -0.2) is 112 Å². The van der Waals surface area contributed by atoms with Crippen molar-refractivity contribution in [3.05, 3.63) is 59.3 Å². The van der Waals surface area contributed by atoms with Crippen molar-refractivity contribution in [2.75, 3.05) is 45.3 Å². The van der Waals surface area contributed by atoms with E-state index in [0.717, 1.165) is 0 Å². The van der Waals surface area contributed by atoms with Crippen LogP contribution in [0, 0.1) is 5.82 Å². The molecule has 1 fully saturated rings. The number of aromatic nitrogens is 3. The minimum Gasteiger partial charge on any atom is -0.491 e. The zero-order chi connectivity index (χ0) is 30.9. The average molecular weight is 623 g/mol. The van der Waals surface area contributed by atoms with Crippen molar-refractivity contribution in [2.24, 2.45) is 0 Å². The van der Waals surface area contributed by atoms with Gasteiger partial charge in [-0.1, -0.05) is 11.6 Å². The molecule has 232 valence electrons. The Bertz CT molecular complexity index is 1390. The molecular formula is C27H32ClFN6O8. The van der Waals surface area contributed by atoms with Crippen molar-refractivity contribution < 1.29 is 43.8 Å². The number of nitrogens with one attached hydrogen (secondary N) is 3. The lowest BCUT2D eigenvalue weighted by atomic mass is 9.99. The Morgan fingerprint density at radius 1 is 1.12 bits per heavy atom. The molecule has 2 aromatic heterocycles. The molecule has 1 saturated heterocycles. The molecule has 0 spiro atoms. The maximum atomic E-state index is 14.4. The molecule has 4 rings (SSSR count). The van der Waals surface area contributed by atoms with Gasteiger partial charge in [-0.25, -0.2) is 14.4 Å². The SMILES string of the molecule is COc1cnc(-c2cc(Cl)ccc2F)nc1Nc1ccncc1C(=O)NCCNCCOC1O[C@H](CO)[C@H](O)[C@H](O)[C@H]1O. The van der Waals surface area contributed by atoms with Gasteiger partial charge in [-0.2, -0.15) is 0 Å². The second-order valence-corrected chi connectivity index (χ2v) is 9.79. The van der Waals surface area contributed by atoms with Gasteiger partial charge in [0.1, 0.15) is 30.2 Å². The molecule has 16 heteroatoms. The fraction of sp³-hybridized carbons (Fsp3) is 0.407. The first-order valence-electron chi connectivity index (χ1n) is 13.2. The maximum Gasteiger partial charge on any atom is 0.255 e. The quantitative estimate of drug-likeness (QED) is 0.128. The van der Waals surface area contributed by atoms with Gasteiger partial charge in [-0.3, -0.25) is 9.78 Å². The number of hydrogen-bond donors (Lipinski definition) is 7. The van der Waals surface area contributed by atoms with Crippen molar-refractivity contribution in [3.8, 4) is 17.1 Å². The van der Waals surface area contributed by atoms with E-state index in [1.165, 1.54) is 43.9 Å². The van der Waals surface area contributed by atoms with Crippen LogP contribution in [0.5, 0.6) is 5.75 Å². The van der Waals surface area contributed by atoms with Crippen LogP contribution in [0.2, 0.25) is 5.02 Å². The fourth-order valence-corrected chi connectivity index (χ4v) is 4.33. The third-order valence-corrected chi connectivity index (χ3v) is 6.70. The van der Waals surface area contributed by atoms with Gasteiger partial charge in [0.15, 0.2) is 23.7 Å². The lowest BCUT2D eigenvalue weighted by Gasteiger charge is -2.39. The van der Waals surface area contributed by atoms with Gasteiger partial charge >= 0.3 is 0 Å². The van der Waals surface area contributed by atoms with Crippen LogP contribution in [0.25, 0.3) is 11.4 Å². The van der Waals surface area contributed by atoms with Gasteiger partial charge in [0, 0.05) is 37.1 Å². The van der Waals surface area contributed by atoms with Gasteiger partial charge < -0.3 is 50.6 Å². The number of rotatable bonds is 13. The summed E-state index contributed by atoms with van der Waals surface area (Å²) in [6, 6.07) is 5.61. The summed E-state index contributed by atoms with van der Waals surface area (Å²) >= 11 is 6.02. The lowest BCUT2D eigenvalue weighted by Crippen LogP contribution is -2.59. The molecule has 3 aromatic rings. The number of ether oxygens (including phenoxy) is 3. The van der Waals surface area contributed by atoms with E-state index >= 15 is 0 Å². The Kier molecular flexibility index (Phi) is 11.5. The molecule has 1 amide bonds. The predicted octanol–water partition coefficient (Wildman–Crippen LogP) is 0.219. The smallest absolute Gasteiger partial charge is 0.255 e. The Balaban J connectivity index is 1.30. The van der Waals surface area contributed by atoms with Crippen molar-refractivity contribution >= 4 is 29.0 Å². The van der Waals surface area contributed by atoms with E-state index < -0.39 is 49.0 Å². The van der Waals surface area contributed by atoms with Crippen molar-refractivity contribution in [1.29, 1.82) is 0 Å². The van der Waals surface area contributed by atoms with Gasteiger partial charge in [0.2, 0.25) is 0 Å². The second kappa shape index (κ2) is 15.3. The molecule has 1 unspecified atom stereocenters. The summed E-state index contributed by atoms with van der Waals surface area (Å²) in [6.07, 6.45) is -2.49. The summed E-state index contributed by atoms with van der Waals surface area (Å²) in [5.41, 5.74) is 0.671. The van der Waals surface area contributed by atoms with Gasteiger partial charge in [-0.05, 0) is 24.3 Å². The largest absolute Gasteiger partial charge is 0.491 e. The summed E-state index contributed by atoms with van der Waals surface area (Å²) in [6.45, 7) is 0.444. The van der Waals surface area contributed by atoms with Crippen LogP contribution in [-0.2, 0) is 9.47 Å². The maximum absolute atomic E-state index is 14.4. The number of benzene rings is 1.